The zero-order valence-corrected chi connectivity index (χ0v) is 14.1. The van der Waals surface area contributed by atoms with Crippen LogP contribution in [0.25, 0.3) is 11.0 Å². The van der Waals surface area contributed by atoms with Crippen molar-refractivity contribution in [3.63, 3.8) is 0 Å². The van der Waals surface area contributed by atoms with Gasteiger partial charge in [-0.25, -0.2) is 4.98 Å². The molecular weight excluding hydrogens is 288 g/mol. The van der Waals surface area contributed by atoms with Gasteiger partial charge in [0.1, 0.15) is 5.75 Å². The SMILES string of the molecule is COc1ccccc1CN(C)Cc1cnc2c(c1)c(C)nn2C. The van der Waals surface area contributed by atoms with E-state index in [9.17, 15) is 0 Å². The molecule has 0 atom stereocenters. The highest BCUT2D eigenvalue weighted by molar-refractivity contribution is 5.78. The van der Waals surface area contributed by atoms with Crippen LogP contribution in [0.5, 0.6) is 5.75 Å². The number of aromatic nitrogens is 3. The van der Waals surface area contributed by atoms with E-state index < -0.39 is 0 Å². The quantitative estimate of drug-likeness (QED) is 0.727. The van der Waals surface area contributed by atoms with Crippen molar-refractivity contribution in [1.29, 1.82) is 0 Å². The third-order valence-corrected chi connectivity index (χ3v) is 4.00. The number of rotatable bonds is 5. The van der Waals surface area contributed by atoms with Crippen LogP contribution in [0.1, 0.15) is 16.8 Å². The number of hydrogen-bond donors (Lipinski definition) is 0. The van der Waals surface area contributed by atoms with Crippen LogP contribution in [0.2, 0.25) is 0 Å². The molecule has 2 aromatic heterocycles. The monoisotopic (exact) mass is 310 g/mol. The van der Waals surface area contributed by atoms with Crippen molar-refractivity contribution in [2.24, 2.45) is 7.05 Å². The fourth-order valence-electron chi connectivity index (χ4n) is 2.93. The molecule has 0 bridgehead atoms. The van der Waals surface area contributed by atoms with Crippen LogP contribution in [0.15, 0.2) is 36.5 Å². The highest BCUT2D eigenvalue weighted by Crippen LogP contribution is 2.21. The molecule has 0 amide bonds. The van der Waals surface area contributed by atoms with Crippen LogP contribution < -0.4 is 4.74 Å². The minimum absolute atomic E-state index is 0.827. The van der Waals surface area contributed by atoms with Gasteiger partial charge in [0.25, 0.3) is 0 Å². The largest absolute Gasteiger partial charge is 0.496 e. The van der Waals surface area contributed by atoms with Crippen molar-refractivity contribution < 1.29 is 4.74 Å². The van der Waals surface area contributed by atoms with Crippen LogP contribution in [0.4, 0.5) is 0 Å². The number of nitrogens with zero attached hydrogens (tertiary/aromatic N) is 4. The van der Waals surface area contributed by atoms with E-state index >= 15 is 0 Å². The minimum Gasteiger partial charge on any atom is -0.496 e. The fraction of sp³-hybridized carbons (Fsp3) is 0.333. The standard InChI is InChI=1S/C18H22N4O/c1-13-16-9-14(10-19-18(16)22(3)20-13)11-21(2)12-15-7-5-6-8-17(15)23-4/h5-10H,11-12H2,1-4H3. The van der Waals surface area contributed by atoms with Gasteiger partial charge in [-0.1, -0.05) is 18.2 Å². The number of hydrogen-bond acceptors (Lipinski definition) is 4. The summed E-state index contributed by atoms with van der Waals surface area (Å²) in [5.74, 6) is 0.927. The Balaban J connectivity index is 1.77. The average molecular weight is 310 g/mol. The van der Waals surface area contributed by atoms with E-state index in [1.54, 1.807) is 7.11 Å². The predicted molar refractivity (Wildman–Crippen MR) is 91.4 cm³/mol. The first kappa shape index (κ1) is 15.5. The van der Waals surface area contributed by atoms with Crippen molar-refractivity contribution in [3.05, 3.63) is 53.3 Å². The maximum atomic E-state index is 5.42. The molecule has 0 spiro atoms. The van der Waals surface area contributed by atoms with E-state index in [1.807, 2.05) is 43.0 Å². The number of methoxy groups -OCH3 is 1. The summed E-state index contributed by atoms with van der Waals surface area (Å²) in [5, 5.41) is 5.55. The summed E-state index contributed by atoms with van der Waals surface area (Å²) in [5.41, 5.74) is 4.32. The Morgan fingerprint density at radius 2 is 2.00 bits per heavy atom. The Morgan fingerprint density at radius 1 is 1.22 bits per heavy atom. The number of fused-ring (bicyclic) bond motifs is 1. The molecule has 0 radical (unpaired) electrons. The lowest BCUT2D eigenvalue weighted by Crippen LogP contribution is -2.17. The highest BCUT2D eigenvalue weighted by Gasteiger charge is 2.10. The molecule has 3 rings (SSSR count). The number of pyridine rings is 1. The molecule has 0 aliphatic carbocycles. The molecule has 120 valence electrons. The topological polar surface area (TPSA) is 43.2 Å². The molecule has 5 nitrogen and oxygen atoms in total. The lowest BCUT2D eigenvalue weighted by molar-refractivity contribution is 0.310. The van der Waals surface area contributed by atoms with Gasteiger partial charge in [0, 0.05) is 37.3 Å². The van der Waals surface area contributed by atoms with Crippen LogP contribution in [0, 0.1) is 6.92 Å². The zero-order valence-electron chi connectivity index (χ0n) is 14.1. The summed E-state index contributed by atoms with van der Waals surface area (Å²) >= 11 is 0. The number of para-hydroxylation sites is 1. The molecule has 0 aliphatic rings. The number of benzene rings is 1. The average Bonchev–Trinajstić information content (AvgIpc) is 2.82. The molecule has 23 heavy (non-hydrogen) atoms. The van der Waals surface area contributed by atoms with Crippen molar-refractivity contribution in [2.75, 3.05) is 14.2 Å². The van der Waals surface area contributed by atoms with E-state index in [0.29, 0.717) is 0 Å². The fourth-order valence-corrected chi connectivity index (χ4v) is 2.93. The highest BCUT2D eigenvalue weighted by atomic mass is 16.5. The van der Waals surface area contributed by atoms with Gasteiger partial charge in [0.15, 0.2) is 5.65 Å². The van der Waals surface area contributed by atoms with E-state index in [0.717, 1.165) is 35.6 Å². The number of ether oxygens (including phenoxy) is 1. The Kier molecular flexibility index (Phi) is 4.30. The summed E-state index contributed by atoms with van der Waals surface area (Å²) in [4.78, 5) is 6.80. The van der Waals surface area contributed by atoms with Gasteiger partial charge in [-0.2, -0.15) is 5.10 Å². The third-order valence-electron chi connectivity index (χ3n) is 4.00. The van der Waals surface area contributed by atoms with Crippen molar-refractivity contribution in [2.45, 2.75) is 20.0 Å². The molecule has 0 N–H and O–H groups in total. The summed E-state index contributed by atoms with van der Waals surface area (Å²) in [6.45, 7) is 3.68. The summed E-state index contributed by atoms with van der Waals surface area (Å²) in [7, 11) is 5.74. The molecule has 0 aliphatic heterocycles. The molecule has 5 heteroatoms. The van der Waals surface area contributed by atoms with E-state index in [1.165, 1.54) is 11.1 Å². The van der Waals surface area contributed by atoms with Crippen LogP contribution in [-0.4, -0.2) is 33.8 Å². The van der Waals surface area contributed by atoms with Gasteiger partial charge in [-0.15, -0.1) is 0 Å². The lowest BCUT2D eigenvalue weighted by Gasteiger charge is -2.18. The smallest absolute Gasteiger partial charge is 0.157 e. The molecule has 3 aromatic rings. The second-order valence-electron chi connectivity index (χ2n) is 5.91. The Hall–Kier alpha value is -2.40. The maximum Gasteiger partial charge on any atom is 0.157 e. The van der Waals surface area contributed by atoms with E-state index in [-0.39, 0.29) is 0 Å². The summed E-state index contributed by atoms with van der Waals surface area (Å²) < 4.78 is 7.25. The Labute approximate surface area is 136 Å². The van der Waals surface area contributed by atoms with Crippen LogP contribution >= 0.6 is 0 Å². The molecule has 0 saturated heterocycles. The molecule has 0 fully saturated rings. The number of aryl methyl sites for hydroxylation is 2. The lowest BCUT2D eigenvalue weighted by atomic mass is 10.1. The van der Waals surface area contributed by atoms with Crippen LogP contribution in [0.3, 0.4) is 0 Å². The molecule has 2 heterocycles. The van der Waals surface area contributed by atoms with Gasteiger partial charge in [-0.05, 0) is 31.7 Å². The van der Waals surface area contributed by atoms with Crippen LogP contribution in [-0.2, 0) is 20.1 Å². The third kappa shape index (κ3) is 3.19. The van der Waals surface area contributed by atoms with Crippen molar-refractivity contribution >= 4 is 11.0 Å². The Morgan fingerprint density at radius 3 is 2.78 bits per heavy atom. The first-order valence-electron chi connectivity index (χ1n) is 7.67. The molecule has 0 saturated carbocycles. The van der Waals surface area contributed by atoms with E-state index in [4.69, 9.17) is 4.74 Å². The van der Waals surface area contributed by atoms with Crippen molar-refractivity contribution in [3.8, 4) is 5.75 Å². The van der Waals surface area contributed by atoms with E-state index in [2.05, 4.69) is 34.2 Å². The summed E-state index contributed by atoms with van der Waals surface area (Å²) in [6.07, 6.45) is 1.93. The summed E-state index contributed by atoms with van der Waals surface area (Å²) in [6, 6.07) is 10.3. The maximum absolute atomic E-state index is 5.42. The molecular formula is C18H22N4O. The first-order chi connectivity index (χ1) is 11.1. The van der Waals surface area contributed by atoms with Gasteiger partial charge in [0.05, 0.1) is 12.8 Å². The van der Waals surface area contributed by atoms with Gasteiger partial charge >= 0.3 is 0 Å². The molecule has 1 aromatic carbocycles. The normalized spacial score (nSPS) is 11.3. The predicted octanol–water partition coefficient (Wildman–Crippen LogP) is 2.92. The van der Waals surface area contributed by atoms with Gasteiger partial charge in [-0.3, -0.25) is 9.58 Å². The van der Waals surface area contributed by atoms with Gasteiger partial charge < -0.3 is 4.74 Å². The molecule has 0 unspecified atom stereocenters. The zero-order chi connectivity index (χ0) is 16.4. The van der Waals surface area contributed by atoms with Crippen molar-refractivity contribution in [1.82, 2.24) is 19.7 Å². The first-order valence-corrected chi connectivity index (χ1v) is 7.67. The second-order valence-corrected chi connectivity index (χ2v) is 5.91. The second kappa shape index (κ2) is 6.38. The minimum atomic E-state index is 0.827. The Bertz CT molecular complexity index is 825. The van der Waals surface area contributed by atoms with Gasteiger partial charge in [0.2, 0.25) is 0 Å².